The number of ether oxygens (including phenoxy) is 5. The van der Waals surface area contributed by atoms with Crippen molar-refractivity contribution in [3.63, 3.8) is 0 Å². The lowest BCUT2D eigenvalue weighted by Gasteiger charge is -2.61. The van der Waals surface area contributed by atoms with Gasteiger partial charge in [-0.25, -0.2) is 4.79 Å². The van der Waals surface area contributed by atoms with E-state index in [1.54, 1.807) is 0 Å². The van der Waals surface area contributed by atoms with Gasteiger partial charge in [0.05, 0.1) is 17.8 Å². The fraction of sp³-hybridized carbons (Fsp3) is 0.769. The molecule has 35 heavy (non-hydrogen) atoms. The maximum Gasteiger partial charge on any atom is 0.337 e. The second-order valence-corrected chi connectivity index (χ2v) is 11.0. The van der Waals surface area contributed by atoms with Gasteiger partial charge in [-0.3, -0.25) is 14.4 Å². The van der Waals surface area contributed by atoms with Crippen LogP contribution in [0.3, 0.4) is 0 Å². The van der Waals surface area contributed by atoms with Gasteiger partial charge < -0.3 is 23.7 Å². The third-order valence-electron chi connectivity index (χ3n) is 8.80. The Balaban J connectivity index is 1.65. The molecule has 0 bridgehead atoms. The summed E-state index contributed by atoms with van der Waals surface area (Å²) < 4.78 is 27.8. The minimum Gasteiger partial charge on any atom is -0.465 e. The van der Waals surface area contributed by atoms with Crippen LogP contribution in [0.5, 0.6) is 0 Å². The highest BCUT2D eigenvalue weighted by Gasteiger charge is 2.67. The molecule has 2 heterocycles. The van der Waals surface area contributed by atoms with Gasteiger partial charge in [0.2, 0.25) is 0 Å². The van der Waals surface area contributed by atoms with E-state index in [0.29, 0.717) is 25.0 Å². The lowest BCUT2D eigenvalue weighted by Crippen LogP contribution is -2.61. The molecule has 4 rings (SSSR count). The van der Waals surface area contributed by atoms with Gasteiger partial charge in [-0.2, -0.15) is 0 Å². The van der Waals surface area contributed by atoms with E-state index in [2.05, 4.69) is 13.8 Å². The van der Waals surface area contributed by atoms with Gasteiger partial charge in [0.1, 0.15) is 19.3 Å². The summed E-state index contributed by atoms with van der Waals surface area (Å²) in [4.78, 5) is 47.5. The Morgan fingerprint density at radius 3 is 2.31 bits per heavy atom. The van der Waals surface area contributed by atoms with Crippen molar-refractivity contribution < 1.29 is 42.9 Å². The summed E-state index contributed by atoms with van der Waals surface area (Å²) in [5, 5.41) is 0. The lowest BCUT2D eigenvalue weighted by atomic mass is 9.45. The van der Waals surface area contributed by atoms with Gasteiger partial charge in [0, 0.05) is 26.2 Å². The zero-order chi connectivity index (χ0) is 25.6. The first-order chi connectivity index (χ1) is 16.4. The molecule has 0 aromatic rings. The minimum absolute atomic E-state index is 0.0287. The molecule has 1 unspecified atom stereocenters. The molecule has 0 N–H and O–H groups in total. The smallest absolute Gasteiger partial charge is 0.337 e. The Hall–Kier alpha value is -2.42. The molecule has 2 aliphatic heterocycles. The van der Waals surface area contributed by atoms with Crippen LogP contribution in [-0.2, 0) is 42.9 Å². The molecule has 0 aromatic heterocycles. The maximum absolute atomic E-state index is 12.4. The molecule has 0 aromatic carbocycles. The maximum atomic E-state index is 12.4. The minimum atomic E-state index is -0.697. The van der Waals surface area contributed by atoms with Crippen molar-refractivity contribution in [2.24, 2.45) is 22.7 Å². The van der Waals surface area contributed by atoms with E-state index in [1.807, 2.05) is 6.08 Å². The second-order valence-electron chi connectivity index (χ2n) is 11.0. The number of rotatable bonds is 6. The summed E-state index contributed by atoms with van der Waals surface area (Å²) in [5.74, 6) is -1.44. The van der Waals surface area contributed by atoms with E-state index in [9.17, 15) is 19.2 Å². The molecule has 4 fully saturated rings. The SMILES string of the molecule is CC(=O)OC[C@@]1(C)[C@H]2CCC3(CO3)[C@@H](C/C=C3/C(=O)OC[C@H]3OC(C)=O)[C@]2(C)CC[C@H]1OC(C)=O. The van der Waals surface area contributed by atoms with Crippen molar-refractivity contribution in [1.29, 1.82) is 0 Å². The van der Waals surface area contributed by atoms with Crippen LogP contribution in [0.1, 0.15) is 66.7 Å². The van der Waals surface area contributed by atoms with E-state index in [-0.39, 0.29) is 54.1 Å². The standard InChI is InChI=1S/C26H36O9/c1-15(27)32-13-25(5)20-8-11-26(14-33-26)21(24(20,4)10-9-22(25)35-17(3)29)7-6-18-19(34-16(2)28)12-31-23(18)30/h6,19-22H,7-14H2,1-5H3/b18-6+/t19-,20+,21+,22-,24-,25+,26?/m1/s1. The monoisotopic (exact) mass is 492 g/mol. The molecule has 9 heteroatoms. The number of carbonyl (C=O) groups is 4. The van der Waals surface area contributed by atoms with Gasteiger partial charge in [0.25, 0.3) is 0 Å². The van der Waals surface area contributed by atoms with E-state index < -0.39 is 23.5 Å². The number of epoxide rings is 1. The predicted molar refractivity (Wildman–Crippen MR) is 122 cm³/mol. The number of allylic oxidation sites excluding steroid dienone is 1. The number of hydrogen-bond donors (Lipinski definition) is 0. The number of esters is 4. The highest BCUT2D eigenvalue weighted by molar-refractivity contribution is 5.92. The van der Waals surface area contributed by atoms with Crippen molar-refractivity contribution in [2.75, 3.05) is 19.8 Å². The number of cyclic esters (lactones) is 1. The normalized spacial score (nSPS) is 41.2. The quantitative estimate of drug-likeness (QED) is 0.239. The van der Waals surface area contributed by atoms with E-state index in [0.717, 1.165) is 19.3 Å². The Bertz CT molecular complexity index is 935. The van der Waals surface area contributed by atoms with Gasteiger partial charge >= 0.3 is 23.9 Å². The highest BCUT2D eigenvalue weighted by atomic mass is 16.6. The summed E-state index contributed by atoms with van der Waals surface area (Å²) in [7, 11) is 0. The fourth-order valence-electron chi connectivity index (χ4n) is 7.14. The average molecular weight is 493 g/mol. The first-order valence-corrected chi connectivity index (χ1v) is 12.4. The third kappa shape index (κ3) is 4.71. The molecular weight excluding hydrogens is 456 g/mol. The zero-order valence-corrected chi connectivity index (χ0v) is 21.2. The van der Waals surface area contributed by atoms with Gasteiger partial charge in [-0.15, -0.1) is 0 Å². The van der Waals surface area contributed by atoms with Crippen molar-refractivity contribution in [3.05, 3.63) is 11.6 Å². The summed E-state index contributed by atoms with van der Waals surface area (Å²) >= 11 is 0. The first kappa shape index (κ1) is 25.7. The van der Waals surface area contributed by atoms with E-state index in [1.165, 1.54) is 20.8 Å². The Kier molecular flexibility index (Phi) is 6.76. The van der Waals surface area contributed by atoms with Gasteiger partial charge in [-0.05, 0) is 49.4 Å². The Morgan fingerprint density at radius 1 is 1.03 bits per heavy atom. The average Bonchev–Trinajstić information content (AvgIpc) is 3.45. The number of carbonyl (C=O) groups excluding carboxylic acids is 4. The molecule has 9 nitrogen and oxygen atoms in total. The topological polar surface area (TPSA) is 118 Å². The van der Waals surface area contributed by atoms with Crippen molar-refractivity contribution in [2.45, 2.75) is 84.5 Å². The fourth-order valence-corrected chi connectivity index (χ4v) is 7.14. The third-order valence-corrected chi connectivity index (χ3v) is 8.80. The summed E-state index contributed by atoms with van der Waals surface area (Å²) in [6.07, 6.45) is 4.51. The second kappa shape index (κ2) is 9.22. The van der Waals surface area contributed by atoms with Crippen LogP contribution in [0.15, 0.2) is 11.6 Å². The van der Waals surface area contributed by atoms with Crippen molar-refractivity contribution in [3.8, 4) is 0 Å². The van der Waals surface area contributed by atoms with Crippen molar-refractivity contribution in [1.82, 2.24) is 0 Å². The largest absolute Gasteiger partial charge is 0.465 e. The summed E-state index contributed by atoms with van der Waals surface area (Å²) in [5.41, 5.74) is -0.661. The number of hydrogen-bond acceptors (Lipinski definition) is 9. The van der Waals surface area contributed by atoms with Crippen LogP contribution in [-0.4, -0.2) is 61.5 Å². The van der Waals surface area contributed by atoms with Crippen LogP contribution in [0, 0.1) is 22.7 Å². The number of fused-ring (bicyclic) bond motifs is 1. The molecule has 7 atom stereocenters. The van der Waals surface area contributed by atoms with Crippen LogP contribution >= 0.6 is 0 Å². The van der Waals surface area contributed by atoms with Crippen molar-refractivity contribution >= 4 is 23.9 Å². The predicted octanol–water partition coefficient (Wildman–Crippen LogP) is 2.89. The van der Waals surface area contributed by atoms with Gasteiger partial charge in [0.15, 0.2) is 6.10 Å². The molecule has 2 aliphatic carbocycles. The van der Waals surface area contributed by atoms with Crippen LogP contribution in [0.2, 0.25) is 0 Å². The molecular formula is C26H36O9. The summed E-state index contributed by atoms with van der Waals surface area (Å²) in [6.45, 7) is 9.26. The highest BCUT2D eigenvalue weighted by Crippen LogP contribution is 2.66. The van der Waals surface area contributed by atoms with Crippen LogP contribution < -0.4 is 0 Å². The Labute approximate surface area is 205 Å². The summed E-state index contributed by atoms with van der Waals surface area (Å²) in [6, 6.07) is 0. The van der Waals surface area contributed by atoms with E-state index >= 15 is 0 Å². The van der Waals surface area contributed by atoms with Crippen LogP contribution in [0.25, 0.3) is 0 Å². The molecule has 2 saturated heterocycles. The van der Waals surface area contributed by atoms with E-state index in [4.69, 9.17) is 23.7 Å². The zero-order valence-electron chi connectivity index (χ0n) is 21.2. The lowest BCUT2D eigenvalue weighted by molar-refractivity contribution is -0.201. The van der Waals surface area contributed by atoms with Gasteiger partial charge in [-0.1, -0.05) is 19.9 Å². The van der Waals surface area contributed by atoms with Crippen LogP contribution in [0.4, 0.5) is 0 Å². The molecule has 1 spiro atoms. The molecule has 0 radical (unpaired) electrons. The molecule has 2 saturated carbocycles. The Morgan fingerprint density at radius 2 is 1.71 bits per heavy atom. The molecule has 194 valence electrons. The molecule has 4 aliphatic rings. The molecule has 0 amide bonds. The first-order valence-electron chi connectivity index (χ1n) is 12.4.